The number of carboxylic acids is 1. The largest absolute Gasteiger partial charge is 0.481 e. The fourth-order valence-corrected chi connectivity index (χ4v) is 1.45. The molecule has 90 valence electrons. The quantitative estimate of drug-likeness (QED) is 0.653. The van der Waals surface area contributed by atoms with E-state index in [-0.39, 0.29) is 6.42 Å². The second-order valence-corrected chi connectivity index (χ2v) is 3.79. The number of hydrogen-bond acceptors (Lipinski definition) is 3. The molecule has 0 atom stereocenters. The van der Waals surface area contributed by atoms with E-state index in [1.54, 1.807) is 0 Å². The van der Waals surface area contributed by atoms with Gasteiger partial charge >= 0.3 is 5.97 Å². The minimum atomic E-state index is -0.738. The van der Waals surface area contributed by atoms with Crippen LogP contribution in [0.4, 0.5) is 0 Å². The molecule has 0 aliphatic heterocycles. The molecule has 0 aliphatic carbocycles. The van der Waals surface area contributed by atoms with Crippen molar-refractivity contribution in [3.63, 3.8) is 0 Å². The number of hydrogen-bond donors (Lipinski definition) is 2. The second-order valence-electron chi connectivity index (χ2n) is 3.79. The van der Waals surface area contributed by atoms with Crippen molar-refractivity contribution in [1.29, 1.82) is 0 Å². The summed E-state index contributed by atoms with van der Waals surface area (Å²) in [6, 6.07) is 0. The molecule has 1 aromatic rings. The summed E-state index contributed by atoms with van der Waals surface area (Å²) in [5, 5.41) is 15.9. The second kappa shape index (κ2) is 7.00. The van der Waals surface area contributed by atoms with Crippen molar-refractivity contribution in [1.82, 2.24) is 15.1 Å². The average molecular weight is 225 g/mol. The van der Waals surface area contributed by atoms with Crippen molar-refractivity contribution < 1.29 is 9.90 Å². The third-order valence-electron chi connectivity index (χ3n) is 2.21. The highest BCUT2D eigenvalue weighted by molar-refractivity contribution is 5.66. The van der Waals surface area contributed by atoms with E-state index in [1.807, 2.05) is 17.1 Å². The van der Waals surface area contributed by atoms with Gasteiger partial charge in [-0.15, -0.1) is 0 Å². The standard InChI is InChI=1S/C11H19N3O2/c1-2-6-14-9-10(8-13-14)7-12-5-3-4-11(15)16/h8-9,12H,2-7H2,1H3,(H,15,16). The van der Waals surface area contributed by atoms with Gasteiger partial charge in [-0.05, 0) is 19.4 Å². The van der Waals surface area contributed by atoms with Crippen LogP contribution in [0, 0.1) is 0 Å². The van der Waals surface area contributed by atoms with Crippen LogP contribution >= 0.6 is 0 Å². The minimum absolute atomic E-state index is 0.224. The molecule has 0 aromatic carbocycles. The predicted molar refractivity (Wildman–Crippen MR) is 61.1 cm³/mol. The Morgan fingerprint density at radius 2 is 2.44 bits per heavy atom. The first kappa shape index (κ1) is 12.7. The molecule has 16 heavy (non-hydrogen) atoms. The van der Waals surface area contributed by atoms with Gasteiger partial charge < -0.3 is 10.4 Å². The van der Waals surface area contributed by atoms with Crippen molar-refractivity contribution in [2.45, 2.75) is 39.3 Å². The van der Waals surface area contributed by atoms with Gasteiger partial charge in [0.25, 0.3) is 0 Å². The zero-order valence-corrected chi connectivity index (χ0v) is 9.65. The lowest BCUT2D eigenvalue weighted by molar-refractivity contribution is -0.137. The highest BCUT2D eigenvalue weighted by Crippen LogP contribution is 1.98. The van der Waals surface area contributed by atoms with Gasteiger partial charge in [-0.3, -0.25) is 9.48 Å². The number of rotatable bonds is 8. The molecule has 1 aromatic heterocycles. The van der Waals surface area contributed by atoms with Gasteiger partial charge in [0.05, 0.1) is 6.20 Å². The molecule has 1 heterocycles. The zero-order chi connectivity index (χ0) is 11.8. The van der Waals surface area contributed by atoms with Crippen LogP contribution in [0.3, 0.4) is 0 Å². The van der Waals surface area contributed by atoms with Crippen LogP contribution in [0.25, 0.3) is 0 Å². The SMILES string of the molecule is CCCn1cc(CNCCCC(=O)O)cn1. The van der Waals surface area contributed by atoms with Crippen molar-refractivity contribution in [2.24, 2.45) is 0 Å². The molecular weight excluding hydrogens is 206 g/mol. The van der Waals surface area contributed by atoms with Crippen molar-refractivity contribution in [2.75, 3.05) is 6.54 Å². The molecule has 1 rings (SSSR count). The molecule has 5 heteroatoms. The van der Waals surface area contributed by atoms with E-state index in [0.717, 1.165) is 31.6 Å². The van der Waals surface area contributed by atoms with Gasteiger partial charge in [0.2, 0.25) is 0 Å². The molecule has 2 N–H and O–H groups in total. The van der Waals surface area contributed by atoms with Crippen LogP contribution in [-0.4, -0.2) is 27.4 Å². The Kier molecular flexibility index (Phi) is 5.56. The number of nitrogens with zero attached hydrogens (tertiary/aromatic N) is 2. The van der Waals surface area contributed by atoms with Gasteiger partial charge in [0, 0.05) is 31.3 Å². The van der Waals surface area contributed by atoms with Gasteiger partial charge in [0.15, 0.2) is 0 Å². The molecular formula is C11H19N3O2. The molecule has 0 unspecified atom stereocenters. The maximum Gasteiger partial charge on any atom is 0.303 e. The predicted octanol–water partition coefficient (Wildman–Crippen LogP) is 1.25. The summed E-state index contributed by atoms with van der Waals surface area (Å²) < 4.78 is 1.92. The van der Waals surface area contributed by atoms with Crippen molar-refractivity contribution in [3.05, 3.63) is 18.0 Å². The zero-order valence-electron chi connectivity index (χ0n) is 9.65. The lowest BCUT2D eigenvalue weighted by atomic mass is 10.3. The highest BCUT2D eigenvalue weighted by Gasteiger charge is 1.98. The number of nitrogens with one attached hydrogen (secondary N) is 1. The Labute approximate surface area is 95.5 Å². The Morgan fingerprint density at radius 3 is 3.12 bits per heavy atom. The van der Waals surface area contributed by atoms with Crippen LogP contribution in [0.15, 0.2) is 12.4 Å². The maximum absolute atomic E-state index is 10.3. The van der Waals surface area contributed by atoms with Crippen molar-refractivity contribution in [3.8, 4) is 0 Å². The van der Waals surface area contributed by atoms with Gasteiger partial charge in [-0.25, -0.2) is 0 Å². The summed E-state index contributed by atoms with van der Waals surface area (Å²) >= 11 is 0. The first-order valence-corrected chi connectivity index (χ1v) is 5.66. The first-order valence-electron chi connectivity index (χ1n) is 5.66. The lowest BCUT2D eigenvalue weighted by Gasteiger charge is -2.00. The van der Waals surface area contributed by atoms with Gasteiger partial charge in [0.1, 0.15) is 0 Å². The summed E-state index contributed by atoms with van der Waals surface area (Å²) in [5.41, 5.74) is 1.14. The Balaban J connectivity index is 2.14. The normalized spacial score (nSPS) is 10.6. The first-order chi connectivity index (χ1) is 7.72. The third kappa shape index (κ3) is 4.93. The van der Waals surface area contributed by atoms with Crippen LogP contribution in [0.2, 0.25) is 0 Å². The van der Waals surface area contributed by atoms with E-state index in [1.165, 1.54) is 0 Å². The third-order valence-corrected chi connectivity index (χ3v) is 2.21. The highest BCUT2D eigenvalue weighted by atomic mass is 16.4. The molecule has 0 amide bonds. The minimum Gasteiger partial charge on any atom is -0.481 e. The Hall–Kier alpha value is -1.36. The van der Waals surface area contributed by atoms with E-state index >= 15 is 0 Å². The van der Waals surface area contributed by atoms with Crippen LogP contribution in [0.5, 0.6) is 0 Å². The Morgan fingerprint density at radius 1 is 1.62 bits per heavy atom. The van der Waals surface area contributed by atoms with E-state index in [4.69, 9.17) is 5.11 Å². The molecule has 0 fully saturated rings. The monoisotopic (exact) mass is 225 g/mol. The number of aliphatic carboxylic acids is 1. The number of aromatic nitrogens is 2. The molecule has 0 aliphatic rings. The number of carboxylic acid groups (broad SMARTS) is 1. The van der Waals surface area contributed by atoms with E-state index < -0.39 is 5.97 Å². The maximum atomic E-state index is 10.3. The van der Waals surface area contributed by atoms with Crippen LogP contribution < -0.4 is 5.32 Å². The summed E-state index contributed by atoms with van der Waals surface area (Å²) in [6.45, 7) is 4.54. The number of carbonyl (C=O) groups is 1. The summed E-state index contributed by atoms with van der Waals surface area (Å²) in [7, 11) is 0. The molecule has 0 saturated heterocycles. The van der Waals surface area contributed by atoms with Gasteiger partial charge in [-0.2, -0.15) is 5.10 Å². The molecule has 0 spiro atoms. The lowest BCUT2D eigenvalue weighted by Crippen LogP contribution is -2.15. The summed E-state index contributed by atoms with van der Waals surface area (Å²) in [4.78, 5) is 10.3. The van der Waals surface area contributed by atoms with E-state index in [0.29, 0.717) is 6.42 Å². The van der Waals surface area contributed by atoms with E-state index in [9.17, 15) is 4.79 Å². The Bertz CT molecular complexity index is 323. The average Bonchev–Trinajstić information content (AvgIpc) is 2.65. The molecule has 0 radical (unpaired) electrons. The fraction of sp³-hybridized carbons (Fsp3) is 0.636. The summed E-state index contributed by atoms with van der Waals surface area (Å²) in [5.74, 6) is -0.738. The van der Waals surface area contributed by atoms with Crippen molar-refractivity contribution >= 4 is 5.97 Å². The molecule has 0 saturated carbocycles. The topological polar surface area (TPSA) is 67.2 Å². The van der Waals surface area contributed by atoms with Crippen LogP contribution in [-0.2, 0) is 17.9 Å². The summed E-state index contributed by atoms with van der Waals surface area (Å²) in [6.07, 6.45) is 5.83. The number of aryl methyl sites for hydroxylation is 1. The van der Waals surface area contributed by atoms with Crippen LogP contribution in [0.1, 0.15) is 31.7 Å². The molecule has 0 bridgehead atoms. The van der Waals surface area contributed by atoms with Gasteiger partial charge in [-0.1, -0.05) is 6.92 Å². The molecule has 5 nitrogen and oxygen atoms in total. The smallest absolute Gasteiger partial charge is 0.303 e. The van der Waals surface area contributed by atoms with E-state index in [2.05, 4.69) is 17.3 Å². The fourth-order valence-electron chi connectivity index (χ4n) is 1.45.